The van der Waals surface area contributed by atoms with Crippen LogP contribution in [-0.4, -0.2) is 20.2 Å². The smallest absolute Gasteiger partial charge is 0.316 e. The fourth-order valence-electron chi connectivity index (χ4n) is 3.00. The zero-order valence-electron chi connectivity index (χ0n) is 11.7. The summed E-state index contributed by atoms with van der Waals surface area (Å²) >= 11 is 0. The first-order chi connectivity index (χ1) is 8.47. The number of carbonyl (C=O) groups excluding carboxylic acids is 1. The lowest BCUT2D eigenvalue weighted by Crippen LogP contribution is -2.25. The van der Waals surface area contributed by atoms with Crippen LogP contribution in [0.2, 0.25) is 0 Å². The molecule has 2 rings (SSSR count). The molecule has 1 saturated carbocycles. The zero-order chi connectivity index (χ0) is 13.5. The molecule has 2 atom stereocenters. The number of benzene rings is 1. The van der Waals surface area contributed by atoms with Crippen molar-refractivity contribution in [2.45, 2.75) is 32.6 Å². The molecule has 1 aromatic rings. The van der Waals surface area contributed by atoms with Gasteiger partial charge in [0.25, 0.3) is 0 Å². The first kappa shape index (κ1) is 12.9. The van der Waals surface area contributed by atoms with E-state index in [4.69, 9.17) is 9.47 Å². The zero-order valence-corrected chi connectivity index (χ0v) is 11.7. The van der Waals surface area contributed by atoms with Crippen molar-refractivity contribution in [1.29, 1.82) is 0 Å². The van der Waals surface area contributed by atoms with Gasteiger partial charge in [0.05, 0.1) is 19.6 Å². The summed E-state index contributed by atoms with van der Waals surface area (Å²) in [6, 6.07) is 4.08. The van der Waals surface area contributed by atoms with Crippen LogP contribution >= 0.6 is 0 Å². The quantitative estimate of drug-likeness (QED) is 0.772. The minimum atomic E-state index is -0.502. The highest BCUT2D eigenvalue weighted by Crippen LogP contribution is 2.58. The largest absolute Gasteiger partial charge is 0.496 e. The van der Waals surface area contributed by atoms with E-state index in [1.807, 2.05) is 19.9 Å². The van der Waals surface area contributed by atoms with E-state index in [0.717, 1.165) is 28.9 Å². The number of ether oxygens (including phenoxy) is 2. The average molecular weight is 248 g/mol. The molecule has 2 unspecified atom stereocenters. The van der Waals surface area contributed by atoms with Crippen molar-refractivity contribution in [2.75, 3.05) is 14.2 Å². The summed E-state index contributed by atoms with van der Waals surface area (Å²) in [7, 11) is 3.10. The van der Waals surface area contributed by atoms with Crippen LogP contribution in [0, 0.1) is 19.8 Å². The maximum absolute atomic E-state index is 12.1. The van der Waals surface area contributed by atoms with Crippen molar-refractivity contribution in [3.8, 4) is 5.75 Å². The number of carbonyl (C=O) groups is 1. The first-order valence-electron chi connectivity index (χ1n) is 6.21. The molecule has 0 aliphatic heterocycles. The van der Waals surface area contributed by atoms with Crippen LogP contribution < -0.4 is 4.74 Å². The SMILES string of the molecule is COC(=O)C1(c2c(C)cc(C)cc2OC)CC1C. The van der Waals surface area contributed by atoms with Gasteiger partial charge in [0.15, 0.2) is 0 Å². The highest BCUT2D eigenvalue weighted by atomic mass is 16.5. The summed E-state index contributed by atoms with van der Waals surface area (Å²) in [6.45, 7) is 6.14. The number of rotatable bonds is 3. The van der Waals surface area contributed by atoms with Crippen molar-refractivity contribution in [3.63, 3.8) is 0 Å². The lowest BCUT2D eigenvalue weighted by atomic mass is 9.88. The maximum atomic E-state index is 12.1. The van der Waals surface area contributed by atoms with Gasteiger partial charge in [-0.15, -0.1) is 0 Å². The summed E-state index contributed by atoms with van der Waals surface area (Å²) in [5.41, 5.74) is 2.73. The normalized spacial score (nSPS) is 25.7. The van der Waals surface area contributed by atoms with Crippen LogP contribution in [0.3, 0.4) is 0 Å². The Balaban J connectivity index is 2.60. The Hall–Kier alpha value is -1.51. The number of aryl methyl sites for hydroxylation is 2. The summed E-state index contributed by atoms with van der Waals surface area (Å²) in [4.78, 5) is 12.1. The molecule has 0 spiro atoms. The predicted molar refractivity (Wildman–Crippen MR) is 69.9 cm³/mol. The van der Waals surface area contributed by atoms with E-state index in [2.05, 4.69) is 13.0 Å². The topological polar surface area (TPSA) is 35.5 Å². The fraction of sp³-hybridized carbons (Fsp3) is 0.533. The Kier molecular flexibility index (Phi) is 3.09. The molecule has 0 saturated heterocycles. The Labute approximate surface area is 108 Å². The molecule has 0 aromatic heterocycles. The third-order valence-corrected chi connectivity index (χ3v) is 3.97. The van der Waals surface area contributed by atoms with Gasteiger partial charge in [-0.25, -0.2) is 0 Å². The van der Waals surface area contributed by atoms with E-state index in [1.54, 1.807) is 7.11 Å². The second kappa shape index (κ2) is 4.30. The number of esters is 1. The van der Waals surface area contributed by atoms with Crippen molar-refractivity contribution in [2.24, 2.45) is 5.92 Å². The third-order valence-electron chi connectivity index (χ3n) is 3.97. The maximum Gasteiger partial charge on any atom is 0.316 e. The molecule has 0 bridgehead atoms. The van der Waals surface area contributed by atoms with Gasteiger partial charge >= 0.3 is 5.97 Å². The van der Waals surface area contributed by atoms with Gasteiger partial charge in [-0.2, -0.15) is 0 Å². The van der Waals surface area contributed by atoms with Crippen molar-refractivity contribution < 1.29 is 14.3 Å². The van der Waals surface area contributed by atoms with Crippen LogP contribution in [0.25, 0.3) is 0 Å². The molecule has 3 nitrogen and oxygen atoms in total. The minimum absolute atomic E-state index is 0.153. The van der Waals surface area contributed by atoms with E-state index >= 15 is 0 Å². The molecular weight excluding hydrogens is 228 g/mol. The van der Waals surface area contributed by atoms with E-state index in [0.29, 0.717) is 5.92 Å². The first-order valence-corrected chi connectivity index (χ1v) is 6.21. The molecule has 0 amide bonds. The molecule has 1 aromatic carbocycles. The van der Waals surface area contributed by atoms with E-state index in [9.17, 15) is 4.79 Å². The number of methoxy groups -OCH3 is 2. The van der Waals surface area contributed by atoms with Gasteiger partial charge in [-0.3, -0.25) is 4.79 Å². The second-order valence-corrected chi connectivity index (χ2v) is 5.23. The van der Waals surface area contributed by atoms with Crippen LogP contribution in [-0.2, 0) is 14.9 Å². The average Bonchev–Trinajstić information content (AvgIpc) is 2.99. The van der Waals surface area contributed by atoms with Crippen LogP contribution in [0.5, 0.6) is 5.75 Å². The summed E-state index contributed by atoms with van der Waals surface area (Å²) < 4.78 is 10.5. The van der Waals surface area contributed by atoms with Crippen LogP contribution in [0.4, 0.5) is 0 Å². The van der Waals surface area contributed by atoms with Crippen molar-refractivity contribution >= 4 is 5.97 Å². The predicted octanol–water partition coefficient (Wildman–Crippen LogP) is 2.76. The lowest BCUT2D eigenvalue weighted by Gasteiger charge is -2.21. The minimum Gasteiger partial charge on any atom is -0.496 e. The molecule has 0 radical (unpaired) electrons. The van der Waals surface area contributed by atoms with Gasteiger partial charge in [-0.05, 0) is 43.4 Å². The summed E-state index contributed by atoms with van der Waals surface area (Å²) in [6.07, 6.45) is 0.833. The lowest BCUT2D eigenvalue weighted by molar-refractivity contribution is -0.144. The van der Waals surface area contributed by atoms with Gasteiger partial charge in [0.2, 0.25) is 0 Å². The van der Waals surface area contributed by atoms with Crippen molar-refractivity contribution in [1.82, 2.24) is 0 Å². The Morgan fingerprint density at radius 1 is 1.33 bits per heavy atom. The molecule has 0 heterocycles. The Morgan fingerprint density at radius 3 is 2.39 bits per heavy atom. The van der Waals surface area contributed by atoms with E-state index in [-0.39, 0.29) is 5.97 Å². The van der Waals surface area contributed by atoms with Crippen LogP contribution in [0.15, 0.2) is 12.1 Å². The second-order valence-electron chi connectivity index (χ2n) is 5.23. The molecular formula is C15H20O3. The monoisotopic (exact) mass is 248 g/mol. The molecule has 3 heteroatoms. The fourth-order valence-corrected chi connectivity index (χ4v) is 3.00. The summed E-state index contributed by atoms with van der Waals surface area (Å²) in [5, 5.41) is 0. The number of hydrogen-bond donors (Lipinski definition) is 0. The van der Waals surface area contributed by atoms with Crippen LogP contribution in [0.1, 0.15) is 30.0 Å². The molecule has 0 N–H and O–H groups in total. The molecule has 1 aliphatic carbocycles. The van der Waals surface area contributed by atoms with Gasteiger partial charge in [-0.1, -0.05) is 13.0 Å². The molecule has 1 fully saturated rings. The van der Waals surface area contributed by atoms with Gasteiger partial charge < -0.3 is 9.47 Å². The third kappa shape index (κ3) is 1.69. The van der Waals surface area contributed by atoms with E-state index < -0.39 is 5.41 Å². The molecule has 98 valence electrons. The molecule has 18 heavy (non-hydrogen) atoms. The van der Waals surface area contributed by atoms with Crippen molar-refractivity contribution in [3.05, 3.63) is 28.8 Å². The standard InChI is InChI=1S/C15H20O3/c1-9-6-10(2)13(12(7-9)17-4)15(8-11(15)3)14(16)18-5/h6-7,11H,8H2,1-5H3. The van der Waals surface area contributed by atoms with Gasteiger partial charge in [0, 0.05) is 5.56 Å². The summed E-state index contributed by atoms with van der Waals surface area (Å²) in [5.74, 6) is 0.947. The highest BCUT2D eigenvalue weighted by molar-refractivity contribution is 5.89. The Bertz CT molecular complexity index is 493. The molecule has 1 aliphatic rings. The highest BCUT2D eigenvalue weighted by Gasteiger charge is 2.61. The number of hydrogen-bond acceptors (Lipinski definition) is 3. The van der Waals surface area contributed by atoms with E-state index in [1.165, 1.54) is 7.11 Å². The van der Waals surface area contributed by atoms with Gasteiger partial charge in [0.1, 0.15) is 5.75 Å². The Morgan fingerprint density at radius 2 is 1.94 bits per heavy atom.